The average Bonchev–Trinajstić information content (AvgIpc) is 2.99. The summed E-state index contributed by atoms with van der Waals surface area (Å²) in [6.07, 6.45) is 6.57. The zero-order valence-corrected chi connectivity index (χ0v) is 26.6. The van der Waals surface area contributed by atoms with E-state index in [9.17, 15) is 18.0 Å². The molecule has 0 spiro atoms. The maximum atomic E-state index is 14.3. The first-order valence-corrected chi connectivity index (χ1v) is 17.1. The van der Waals surface area contributed by atoms with Crippen LogP contribution >= 0.6 is 0 Å². The Morgan fingerprint density at radius 1 is 0.884 bits per heavy atom. The zero-order chi connectivity index (χ0) is 31.0. The van der Waals surface area contributed by atoms with Crippen LogP contribution in [0.4, 0.5) is 5.69 Å². The van der Waals surface area contributed by atoms with E-state index < -0.39 is 28.5 Å². The van der Waals surface area contributed by atoms with Crippen LogP contribution in [0.15, 0.2) is 78.9 Å². The molecule has 43 heavy (non-hydrogen) atoms. The van der Waals surface area contributed by atoms with Crippen molar-refractivity contribution in [1.82, 2.24) is 10.2 Å². The smallest absolute Gasteiger partial charge is 0.244 e. The summed E-state index contributed by atoms with van der Waals surface area (Å²) < 4.78 is 27.3. The van der Waals surface area contributed by atoms with E-state index in [1.165, 1.54) is 0 Å². The average molecular weight is 604 g/mol. The molecular formula is C35H45N3O4S. The van der Waals surface area contributed by atoms with Gasteiger partial charge < -0.3 is 10.2 Å². The molecule has 230 valence electrons. The van der Waals surface area contributed by atoms with Crippen LogP contribution in [0.2, 0.25) is 0 Å². The van der Waals surface area contributed by atoms with Crippen LogP contribution < -0.4 is 9.62 Å². The summed E-state index contributed by atoms with van der Waals surface area (Å²) in [6, 6.07) is 24.0. The Morgan fingerprint density at radius 3 is 2.12 bits per heavy atom. The highest BCUT2D eigenvalue weighted by Crippen LogP contribution is 2.24. The number of aryl methyl sites for hydroxylation is 1. The Labute approximate surface area is 257 Å². The number of nitrogens with zero attached hydrogens (tertiary/aromatic N) is 2. The van der Waals surface area contributed by atoms with E-state index in [4.69, 9.17) is 0 Å². The van der Waals surface area contributed by atoms with Crippen LogP contribution in [0, 0.1) is 6.92 Å². The van der Waals surface area contributed by atoms with Crippen LogP contribution in [0.1, 0.15) is 74.1 Å². The lowest BCUT2D eigenvalue weighted by Crippen LogP contribution is -2.55. The van der Waals surface area contributed by atoms with E-state index in [1.54, 1.807) is 17.0 Å². The van der Waals surface area contributed by atoms with Crippen LogP contribution in [0.25, 0.3) is 0 Å². The molecule has 0 radical (unpaired) electrons. The number of benzene rings is 3. The molecule has 1 fully saturated rings. The molecule has 0 heterocycles. The quantitative estimate of drug-likeness (QED) is 0.276. The fourth-order valence-corrected chi connectivity index (χ4v) is 6.56. The maximum Gasteiger partial charge on any atom is 0.244 e. The van der Waals surface area contributed by atoms with Crippen molar-refractivity contribution in [3.8, 4) is 0 Å². The Kier molecular flexibility index (Phi) is 11.0. The van der Waals surface area contributed by atoms with Crippen molar-refractivity contribution >= 4 is 27.5 Å². The Balaban J connectivity index is 1.72. The van der Waals surface area contributed by atoms with Gasteiger partial charge in [0.1, 0.15) is 12.6 Å². The van der Waals surface area contributed by atoms with Crippen LogP contribution in [-0.4, -0.2) is 50.0 Å². The third-order valence-electron chi connectivity index (χ3n) is 8.35. The molecule has 8 heteroatoms. The summed E-state index contributed by atoms with van der Waals surface area (Å²) in [4.78, 5) is 30.0. The summed E-state index contributed by atoms with van der Waals surface area (Å²) >= 11 is 0. The number of amides is 2. The van der Waals surface area contributed by atoms with Gasteiger partial charge in [0.25, 0.3) is 0 Å². The number of hydrogen-bond acceptors (Lipinski definition) is 4. The standard InChI is InChI=1S/C35H45N3O4S/c1-26(2)29-19-21-32(22-20-29)38(43(4,41)42)25-34(39)37(24-30-16-12-11-13-27(30)3)33(23-28-14-7-5-8-15-28)35(40)36-31-17-9-6-10-18-31/h5,7-8,11-16,19-22,26,31,33H,6,9-10,17-18,23-25H2,1-4H3,(H,36,40)/t33-/m0/s1. The first kappa shape index (κ1) is 32.3. The van der Waals surface area contributed by atoms with Gasteiger partial charge in [-0.2, -0.15) is 0 Å². The highest BCUT2D eigenvalue weighted by atomic mass is 32.2. The van der Waals surface area contributed by atoms with Gasteiger partial charge in [-0.25, -0.2) is 8.42 Å². The van der Waals surface area contributed by atoms with Crippen molar-refractivity contribution < 1.29 is 18.0 Å². The zero-order valence-electron chi connectivity index (χ0n) is 25.8. The van der Waals surface area contributed by atoms with Crippen molar-refractivity contribution in [1.29, 1.82) is 0 Å². The molecule has 0 aromatic heterocycles. The molecule has 0 bridgehead atoms. The number of carbonyl (C=O) groups is 2. The minimum Gasteiger partial charge on any atom is -0.352 e. The summed E-state index contributed by atoms with van der Waals surface area (Å²) in [5.41, 5.74) is 4.33. The number of nitrogens with one attached hydrogen (secondary N) is 1. The minimum atomic E-state index is -3.80. The number of carbonyl (C=O) groups excluding carboxylic acids is 2. The summed E-state index contributed by atoms with van der Waals surface area (Å²) in [6.45, 7) is 5.90. The van der Waals surface area contributed by atoms with Crippen LogP contribution in [0.5, 0.6) is 0 Å². The molecule has 1 saturated carbocycles. The van der Waals surface area contributed by atoms with E-state index in [-0.39, 0.29) is 24.4 Å². The van der Waals surface area contributed by atoms with E-state index >= 15 is 0 Å². The first-order chi connectivity index (χ1) is 20.5. The topological polar surface area (TPSA) is 86.8 Å². The van der Waals surface area contributed by atoms with Gasteiger partial charge in [-0.05, 0) is 60.1 Å². The third kappa shape index (κ3) is 8.92. The summed E-state index contributed by atoms with van der Waals surface area (Å²) in [5.74, 6) is -0.348. The van der Waals surface area contributed by atoms with Crippen molar-refractivity contribution in [3.05, 3.63) is 101 Å². The summed E-state index contributed by atoms with van der Waals surface area (Å²) in [7, 11) is -3.80. The monoisotopic (exact) mass is 603 g/mol. The fraction of sp³-hybridized carbons (Fsp3) is 0.429. The SMILES string of the molecule is Cc1ccccc1CN(C(=O)CN(c1ccc(C(C)C)cc1)S(C)(=O)=O)[C@@H](Cc1ccccc1)C(=O)NC1CCCCC1. The largest absolute Gasteiger partial charge is 0.352 e. The third-order valence-corrected chi connectivity index (χ3v) is 9.49. The van der Waals surface area contributed by atoms with Crippen molar-refractivity contribution in [2.45, 2.75) is 83.8 Å². The van der Waals surface area contributed by atoms with Gasteiger partial charge in [-0.15, -0.1) is 0 Å². The number of rotatable bonds is 12. The molecule has 7 nitrogen and oxygen atoms in total. The molecule has 2 amide bonds. The lowest BCUT2D eigenvalue weighted by Gasteiger charge is -2.35. The lowest BCUT2D eigenvalue weighted by atomic mass is 9.94. The van der Waals surface area contributed by atoms with Gasteiger partial charge in [-0.1, -0.05) is 99.8 Å². The molecule has 0 unspecified atom stereocenters. The van der Waals surface area contributed by atoms with Crippen LogP contribution in [-0.2, 0) is 32.6 Å². The Hall–Kier alpha value is -3.65. The molecule has 1 N–H and O–H groups in total. The fourth-order valence-electron chi connectivity index (χ4n) is 5.71. The maximum absolute atomic E-state index is 14.3. The molecule has 3 aromatic carbocycles. The molecule has 0 saturated heterocycles. The van der Waals surface area contributed by atoms with Gasteiger partial charge in [0.05, 0.1) is 11.9 Å². The van der Waals surface area contributed by atoms with E-state index in [2.05, 4.69) is 19.2 Å². The molecule has 1 aliphatic rings. The van der Waals surface area contributed by atoms with Crippen molar-refractivity contribution in [2.24, 2.45) is 0 Å². The van der Waals surface area contributed by atoms with Crippen LogP contribution in [0.3, 0.4) is 0 Å². The summed E-state index contributed by atoms with van der Waals surface area (Å²) in [5, 5.41) is 3.24. The molecule has 1 aliphatic carbocycles. The number of hydrogen-bond donors (Lipinski definition) is 1. The van der Waals surface area contributed by atoms with Gasteiger partial charge in [0.15, 0.2) is 0 Å². The molecule has 0 aliphatic heterocycles. The van der Waals surface area contributed by atoms with Crippen molar-refractivity contribution in [3.63, 3.8) is 0 Å². The molecular weight excluding hydrogens is 558 g/mol. The minimum absolute atomic E-state index is 0.0712. The van der Waals surface area contributed by atoms with E-state index in [0.717, 1.165) is 64.9 Å². The second-order valence-corrected chi connectivity index (χ2v) is 13.9. The highest BCUT2D eigenvalue weighted by molar-refractivity contribution is 7.92. The number of anilines is 1. The Morgan fingerprint density at radius 2 is 1.51 bits per heavy atom. The normalized spacial score (nSPS) is 14.7. The van der Waals surface area contributed by atoms with Gasteiger partial charge in [-0.3, -0.25) is 13.9 Å². The van der Waals surface area contributed by atoms with Crippen molar-refractivity contribution in [2.75, 3.05) is 17.1 Å². The second kappa shape index (κ2) is 14.7. The first-order valence-electron chi connectivity index (χ1n) is 15.3. The van der Waals surface area contributed by atoms with E-state index in [1.807, 2.05) is 73.7 Å². The molecule has 1 atom stereocenters. The predicted molar refractivity (Wildman–Crippen MR) is 173 cm³/mol. The highest BCUT2D eigenvalue weighted by Gasteiger charge is 2.34. The number of sulfonamides is 1. The molecule has 4 rings (SSSR count). The Bertz CT molecular complexity index is 1470. The second-order valence-electron chi connectivity index (χ2n) is 12.0. The van der Waals surface area contributed by atoms with E-state index in [0.29, 0.717) is 12.1 Å². The van der Waals surface area contributed by atoms with Gasteiger partial charge in [0.2, 0.25) is 21.8 Å². The van der Waals surface area contributed by atoms with Gasteiger partial charge >= 0.3 is 0 Å². The predicted octanol–water partition coefficient (Wildman–Crippen LogP) is 5.97. The molecule has 3 aromatic rings. The van der Waals surface area contributed by atoms with Gasteiger partial charge in [0, 0.05) is 19.0 Å². The lowest BCUT2D eigenvalue weighted by molar-refractivity contribution is -0.140.